The lowest BCUT2D eigenvalue weighted by molar-refractivity contribution is 0.461. The molecule has 0 aromatic carbocycles. The Kier molecular flexibility index (Phi) is 17.1. The molecule has 0 amide bonds. The molecule has 1 aliphatic heterocycles. The highest BCUT2D eigenvalue weighted by molar-refractivity contribution is 6.69. The van der Waals surface area contributed by atoms with Crippen LogP contribution in [-0.4, -0.2) is 30.1 Å². The van der Waals surface area contributed by atoms with Crippen molar-refractivity contribution in [1.29, 1.82) is 5.41 Å². The number of amidine groups is 1. The van der Waals surface area contributed by atoms with E-state index in [4.69, 9.17) is 22.7 Å². The summed E-state index contributed by atoms with van der Waals surface area (Å²) >= 11 is 5.86. The Morgan fingerprint density at radius 1 is 1.12 bits per heavy atom. The number of piperidine rings is 1. The van der Waals surface area contributed by atoms with Gasteiger partial charge < -0.3 is 11.1 Å². The van der Waals surface area contributed by atoms with Crippen molar-refractivity contribution in [3.8, 4) is 0 Å². The normalized spacial score (nSPS) is 19.1. The summed E-state index contributed by atoms with van der Waals surface area (Å²) in [6, 6.07) is 0.195. The van der Waals surface area contributed by atoms with Crippen molar-refractivity contribution in [2.24, 2.45) is 10.7 Å². The molecule has 0 spiro atoms. The fraction of sp³-hybridized carbons (Fsp3) is 0.579. The number of nitrogens with zero attached hydrogens (tertiary/aromatic N) is 1. The average molecular weight is 355 g/mol. The second-order valence-corrected chi connectivity index (χ2v) is 5.03. The molecule has 5 heteroatoms. The van der Waals surface area contributed by atoms with E-state index in [-0.39, 0.29) is 11.2 Å². The minimum atomic E-state index is -0.0314. The van der Waals surface area contributed by atoms with Gasteiger partial charge in [0.15, 0.2) is 0 Å². The summed E-state index contributed by atoms with van der Waals surface area (Å²) in [7, 11) is 0. The fourth-order valence-corrected chi connectivity index (χ4v) is 2.30. The van der Waals surface area contributed by atoms with Crippen molar-refractivity contribution >= 4 is 22.6 Å². The molecule has 0 aromatic rings. The number of hydrogen-bond acceptors (Lipinski definition) is 3. The zero-order chi connectivity index (χ0) is 19.0. The van der Waals surface area contributed by atoms with Crippen molar-refractivity contribution in [2.45, 2.75) is 60.4 Å². The Bertz CT molecular complexity index is 456. The standard InChI is InChI=1S/C15H23ClN4.2C2H6/c1-3-6-12(14(16)17)13(7-4-2)15(18)20-11-8-5-9-19-10-11;2*1-2/h3-4,6-7,11,17,19H,5,8-10H2,1-2H3,(H2,18,20);2*1-2H3/b6-3-,7-4-,13-12-,17-14?;;. The molecular formula is C19H35ClN4. The van der Waals surface area contributed by atoms with Crippen molar-refractivity contribution in [1.82, 2.24) is 5.32 Å². The second kappa shape index (κ2) is 16.5. The zero-order valence-electron chi connectivity index (χ0n) is 16.1. The van der Waals surface area contributed by atoms with E-state index >= 15 is 0 Å². The van der Waals surface area contributed by atoms with Gasteiger partial charge in [-0.1, -0.05) is 63.6 Å². The van der Waals surface area contributed by atoms with Gasteiger partial charge in [-0.3, -0.25) is 10.4 Å². The Morgan fingerprint density at radius 2 is 1.67 bits per heavy atom. The maximum absolute atomic E-state index is 7.68. The first-order chi connectivity index (χ1) is 11.6. The number of rotatable bonds is 5. The minimum Gasteiger partial charge on any atom is -0.383 e. The van der Waals surface area contributed by atoms with Gasteiger partial charge in [-0.2, -0.15) is 0 Å². The summed E-state index contributed by atoms with van der Waals surface area (Å²) in [5.41, 5.74) is 7.43. The number of aliphatic imine (C=N–C) groups is 1. The Labute approximate surface area is 153 Å². The smallest absolute Gasteiger partial charge is 0.128 e. The first kappa shape index (κ1) is 24.9. The summed E-state index contributed by atoms with van der Waals surface area (Å²) in [6.07, 6.45) is 9.49. The van der Waals surface area contributed by atoms with Crippen LogP contribution in [0.3, 0.4) is 0 Å². The molecular weight excluding hydrogens is 320 g/mol. The minimum absolute atomic E-state index is 0.0314. The molecule has 1 saturated heterocycles. The number of halogens is 1. The van der Waals surface area contributed by atoms with Crippen molar-refractivity contribution < 1.29 is 0 Å². The fourth-order valence-electron chi connectivity index (χ4n) is 2.14. The molecule has 1 atom stereocenters. The summed E-state index contributed by atoms with van der Waals surface area (Å²) in [5.74, 6) is 0.440. The lowest BCUT2D eigenvalue weighted by Crippen LogP contribution is -2.34. The third-order valence-corrected chi connectivity index (χ3v) is 3.27. The van der Waals surface area contributed by atoms with Crippen LogP contribution in [0.4, 0.5) is 0 Å². The largest absolute Gasteiger partial charge is 0.383 e. The van der Waals surface area contributed by atoms with Gasteiger partial charge in [0, 0.05) is 17.7 Å². The topological polar surface area (TPSA) is 74.3 Å². The highest BCUT2D eigenvalue weighted by Gasteiger charge is 2.14. The number of allylic oxidation sites excluding steroid dienone is 4. The monoisotopic (exact) mass is 354 g/mol. The van der Waals surface area contributed by atoms with Gasteiger partial charge in [-0.05, 0) is 33.2 Å². The van der Waals surface area contributed by atoms with E-state index in [2.05, 4.69) is 10.3 Å². The lowest BCUT2D eigenvalue weighted by Gasteiger charge is -2.20. The van der Waals surface area contributed by atoms with Crippen LogP contribution < -0.4 is 11.1 Å². The van der Waals surface area contributed by atoms with Crippen LogP contribution >= 0.6 is 11.6 Å². The highest BCUT2D eigenvalue weighted by atomic mass is 35.5. The predicted octanol–water partition coefficient (Wildman–Crippen LogP) is 4.81. The summed E-state index contributed by atoms with van der Waals surface area (Å²) in [6.45, 7) is 13.7. The highest BCUT2D eigenvalue weighted by Crippen LogP contribution is 2.15. The molecule has 4 nitrogen and oxygen atoms in total. The molecule has 138 valence electrons. The van der Waals surface area contributed by atoms with Crippen LogP contribution in [0.2, 0.25) is 0 Å². The maximum Gasteiger partial charge on any atom is 0.128 e. The van der Waals surface area contributed by atoms with Crippen molar-refractivity contribution in [2.75, 3.05) is 13.1 Å². The van der Waals surface area contributed by atoms with E-state index in [1.807, 2.05) is 59.8 Å². The van der Waals surface area contributed by atoms with E-state index in [9.17, 15) is 0 Å². The van der Waals surface area contributed by atoms with Gasteiger partial charge in [-0.25, -0.2) is 0 Å². The van der Waals surface area contributed by atoms with Crippen LogP contribution in [0.15, 0.2) is 40.4 Å². The van der Waals surface area contributed by atoms with Crippen LogP contribution in [-0.2, 0) is 0 Å². The van der Waals surface area contributed by atoms with Gasteiger partial charge in [0.25, 0.3) is 0 Å². The van der Waals surface area contributed by atoms with Gasteiger partial charge in [-0.15, -0.1) is 0 Å². The third-order valence-electron chi connectivity index (χ3n) is 3.06. The molecule has 24 heavy (non-hydrogen) atoms. The van der Waals surface area contributed by atoms with E-state index in [0.717, 1.165) is 25.9 Å². The molecule has 1 rings (SSSR count). The molecule has 1 aliphatic rings. The van der Waals surface area contributed by atoms with Gasteiger partial charge >= 0.3 is 0 Å². The van der Waals surface area contributed by atoms with Crippen LogP contribution in [0.1, 0.15) is 54.4 Å². The number of nitrogens with two attached hydrogens (primary N) is 1. The van der Waals surface area contributed by atoms with Crippen LogP contribution in [0, 0.1) is 5.41 Å². The Hall–Kier alpha value is -1.39. The quantitative estimate of drug-likeness (QED) is 0.376. The van der Waals surface area contributed by atoms with Crippen LogP contribution in [0.25, 0.3) is 0 Å². The maximum atomic E-state index is 7.68. The molecule has 0 aromatic heterocycles. The number of nitrogens with one attached hydrogen (secondary N) is 2. The summed E-state index contributed by atoms with van der Waals surface area (Å²) < 4.78 is 0. The summed E-state index contributed by atoms with van der Waals surface area (Å²) in [4.78, 5) is 4.57. The molecule has 1 fully saturated rings. The second-order valence-electron chi connectivity index (χ2n) is 4.66. The van der Waals surface area contributed by atoms with Gasteiger partial charge in [0.2, 0.25) is 0 Å². The van der Waals surface area contributed by atoms with E-state index in [0.29, 0.717) is 17.0 Å². The molecule has 4 N–H and O–H groups in total. The van der Waals surface area contributed by atoms with Gasteiger partial charge in [0.05, 0.1) is 6.04 Å². The molecule has 1 heterocycles. The Balaban J connectivity index is 0. The Morgan fingerprint density at radius 3 is 2.08 bits per heavy atom. The molecule has 0 bridgehead atoms. The third kappa shape index (κ3) is 9.68. The first-order valence-corrected chi connectivity index (χ1v) is 9.26. The average Bonchev–Trinajstić information content (AvgIpc) is 2.62. The predicted molar refractivity (Wildman–Crippen MR) is 110 cm³/mol. The van der Waals surface area contributed by atoms with E-state index in [1.165, 1.54) is 0 Å². The van der Waals surface area contributed by atoms with E-state index in [1.54, 1.807) is 6.08 Å². The summed E-state index contributed by atoms with van der Waals surface area (Å²) in [5, 5.41) is 11.0. The molecule has 0 aliphatic carbocycles. The SMILES string of the molecule is CC.CC.C\C=C/C(C(=N)Cl)=C(\C=C/C)C(N)=NC1CCCNC1. The molecule has 0 radical (unpaired) electrons. The first-order valence-electron chi connectivity index (χ1n) is 8.88. The zero-order valence-corrected chi connectivity index (χ0v) is 16.9. The molecule has 0 saturated carbocycles. The van der Waals surface area contributed by atoms with Crippen molar-refractivity contribution in [3.05, 3.63) is 35.5 Å². The molecule has 1 unspecified atom stereocenters. The number of hydrogen-bond donors (Lipinski definition) is 3. The lowest BCUT2D eigenvalue weighted by atomic mass is 10.0. The van der Waals surface area contributed by atoms with E-state index < -0.39 is 0 Å². The van der Waals surface area contributed by atoms with Gasteiger partial charge in [0.1, 0.15) is 11.0 Å². The van der Waals surface area contributed by atoms with Crippen LogP contribution in [0.5, 0.6) is 0 Å². The van der Waals surface area contributed by atoms with Crippen molar-refractivity contribution in [3.63, 3.8) is 0 Å².